The Morgan fingerprint density at radius 2 is 2.25 bits per heavy atom. The van der Waals surface area contributed by atoms with Gasteiger partial charge in [0.2, 0.25) is 0 Å². The highest BCUT2D eigenvalue weighted by atomic mass is 35.5. The van der Waals surface area contributed by atoms with Crippen LogP contribution in [0.4, 0.5) is 5.69 Å². The summed E-state index contributed by atoms with van der Waals surface area (Å²) in [5.74, 6) is -0.234. The highest BCUT2D eigenvalue weighted by molar-refractivity contribution is 6.29. The smallest absolute Gasteiger partial charge is 0.273 e. The second kappa shape index (κ2) is 4.32. The Kier molecular flexibility index (Phi) is 2.87. The van der Waals surface area contributed by atoms with Crippen molar-refractivity contribution in [3.8, 4) is 0 Å². The molecule has 1 amide bonds. The molecule has 0 spiro atoms. The maximum atomic E-state index is 11.8. The van der Waals surface area contributed by atoms with Gasteiger partial charge < -0.3 is 5.32 Å². The van der Waals surface area contributed by atoms with Crippen molar-refractivity contribution in [1.82, 2.24) is 14.8 Å². The molecule has 0 radical (unpaired) electrons. The molecule has 2 aromatic rings. The van der Waals surface area contributed by atoms with Crippen LogP contribution in [0.3, 0.4) is 0 Å². The van der Waals surface area contributed by atoms with E-state index in [1.54, 1.807) is 31.4 Å². The fourth-order valence-electron chi connectivity index (χ4n) is 1.27. The molecule has 2 heterocycles. The number of aromatic nitrogens is 3. The summed E-state index contributed by atoms with van der Waals surface area (Å²) < 4.78 is 1.50. The first kappa shape index (κ1) is 10.6. The lowest BCUT2D eigenvalue weighted by molar-refractivity contribution is 0.101. The molecule has 0 saturated carbocycles. The molecule has 0 aliphatic carbocycles. The second-order valence-corrected chi connectivity index (χ2v) is 3.55. The van der Waals surface area contributed by atoms with Crippen LogP contribution in [0.1, 0.15) is 10.5 Å². The minimum Gasteiger partial charge on any atom is -0.321 e. The zero-order valence-electron chi connectivity index (χ0n) is 8.51. The van der Waals surface area contributed by atoms with Gasteiger partial charge in [0.15, 0.2) is 0 Å². The summed E-state index contributed by atoms with van der Waals surface area (Å²) in [6.45, 7) is 0. The standard InChI is InChI=1S/C10H9ClN4O/c1-15-8(3-5-13-15)10(16)14-7-2-4-12-9(11)6-7/h2-6H,1H3,(H,12,14,16). The van der Waals surface area contributed by atoms with Crippen molar-refractivity contribution in [3.05, 3.63) is 41.4 Å². The van der Waals surface area contributed by atoms with E-state index in [1.165, 1.54) is 10.9 Å². The monoisotopic (exact) mass is 236 g/mol. The van der Waals surface area contributed by atoms with E-state index in [4.69, 9.17) is 11.6 Å². The molecule has 6 heteroatoms. The summed E-state index contributed by atoms with van der Waals surface area (Å²) in [7, 11) is 1.70. The lowest BCUT2D eigenvalue weighted by Gasteiger charge is -2.04. The molecule has 5 nitrogen and oxygen atoms in total. The summed E-state index contributed by atoms with van der Waals surface area (Å²) in [6.07, 6.45) is 3.09. The highest BCUT2D eigenvalue weighted by Gasteiger charge is 2.09. The number of aryl methyl sites for hydroxylation is 1. The SMILES string of the molecule is Cn1nccc1C(=O)Nc1ccnc(Cl)c1. The van der Waals surface area contributed by atoms with Crippen molar-refractivity contribution in [2.24, 2.45) is 7.05 Å². The van der Waals surface area contributed by atoms with E-state index in [0.717, 1.165) is 0 Å². The Bertz CT molecular complexity index is 523. The summed E-state index contributed by atoms with van der Waals surface area (Å²) in [4.78, 5) is 15.6. The first-order valence-electron chi connectivity index (χ1n) is 4.58. The molecule has 0 aliphatic heterocycles. The van der Waals surface area contributed by atoms with Gasteiger partial charge in [0.1, 0.15) is 10.8 Å². The average molecular weight is 237 g/mol. The molecule has 0 fully saturated rings. The molecule has 2 aromatic heterocycles. The molecule has 0 saturated heterocycles. The van der Waals surface area contributed by atoms with E-state index >= 15 is 0 Å². The van der Waals surface area contributed by atoms with Crippen LogP contribution in [-0.2, 0) is 7.05 Å². The van der Waals surface area contributed by atoms with E-state index in [1.807, 2.05) is 0 Å². The number of nitrogens with zero attached hydrogens (tertiary/aromatic N) is 3. The number of hydrogen-bond acceptors (Lipinski definition) is 3. The summed E-state index contributed by atoms with van der Waals surface area (Å²) in [5.41, 5.74) is 1.08. The number of nitrogens with one attached hydrogen (secondary N) is 1. The predicted molar refractivity (Wildman–Crippen MR) is 60.4 cm³/mol. The molecular formula is C10H9ClN4O. The van der Waals surface area contributed by atoms with Gasteiger partial charge in [0, 0.05) is 25.1 Å². The molecule has 0 bridgehead atoms. The molecular weight excluding hydrogens is 228 g/mol. The Balaban J connectivity index is 2.17. The van der Waals surface area contributed by atoms with Crippen LogP contribution in [-0.4, -0.2) is 20.7 Å². The number of amides is 1. The maximum Gasteiger partial charge on any atom is 0.273 e. The normalized spacial score (nSPS) is 10.1. The Morgan fingerprint density at radius 3 is 2.88 bits per heavy atom. The third-order valence-electron chi connectivity index (χ3n) is 2.04. The van der Waals surface area contributed by atoms with Crippen molar-refractivity contribution < 1.29 is 4.79 Å². The molecule has 16 heavy (non-hydrogen) atoms. The Morgan fingerprint density at radius 1 is 1.44 bits per heavy atom. The molecule has 0 aliphatic rings. The number of anilines is 1. The van der Waals surface area contributed by atoms with Gasteiger partial charge >= 0.3 is 0 Å². The molecule has 2 rings (SSSR count). The largest absolute Gasteiger partial charge is 0.321 e. The predicted octanol–water partition coefficient (Wildman–Crippen LogP) is 1.72. The van der Waals surface area contributed by atoms with Gasteiger partial charge in [0.05, 0.1) is 0 Å². The quantitative estimate of drug-likeness (QED) is 0.808. The van der Waals surface area contributed by atoms with Gasteiger partial charge in [-0.1, -0.05) is 11.6 Å². The maximum absolute atomic E-state index is 11.8. The van der Waals surface area contributed by atoms with Crippen molar-refractivity contribution in [1.29, 1.82) is 0 Å². The number of carbonyl (C=O) groups is 1. The number of carbonyl (C=O) groups excluding carboxylic acids is 1. The van der Waals surface area contributed by atoms with Gasteiger partial charge in [-0.2, -0.15) is 5.10 Å². The minimum absolute atomic E-state index is 0.234. The third kappa shape index (κ3) is 2.20. The fraction of sp³-hybridized carbons (Fsp3) is 0.100. The van der Waals surface area contributed by atoms with E-state index in [9.17, 15) is 4.79 Å². The first-order valence-corrected chi connectivity index (χ1v) is 4.95. The summed E-state index contributed by atoms with van der Waals surface area (Å²) in [6, 6.07) is 4.88. The number of pyridine rings is 1. The molecule has 0 unspecified atom stereocenters. The van der Waals surface area contributed by atoms with E-state index < -0.39 is 0 Å². The first-order chi connectivity index (χ1) is 7.66. The fourth-order valence-corrected chi connectivity index (χ4v) is 1.45. The third-order valence-corrected chi connectivity index (χ3v) is 2.24. The number of halogens is 1. The molecule has 0 atom stereocenters. The van der Waals surface area contributed by atoms with Crippen molar-refractivity contribution in [2.45, 2.75) is 0 Å². The van der Waals surface area contributed by atoms with Crippen LogP contribution in [0, 0.1) is 0 Å². The molecule has 0 aromatic carbocycles. The lowest BCUT2D eigenvalue weighted by Crippen LogP contribution is -2.16. The van der Waals surface area contributed by atoms with Crippen LogP contribution in [0.25, 0.3) is 0 Å². The lowest BCUT2D eigenvalue weighted by atomic mass is 10.3. The number of hydrogen-bond donors (Lipinski definition) is 1. The van der Waals surface area contributed by atoms with Crippen molar-refractivity contribution in [2.75, 3.05) is 5.32 Å². The van der Waals surface area contributed by atoms with E-state index in [0.29, 0.717) is 16.5 Å². The van der Waals surface area contributed by atoms with Crippen LogP contribution in [0.5, 0.6) is 0 Å². The van der Waals surface area contributed by atoms with Crippen LogP contribution in [0.2, 0.25) is 5.15 Å². The topological polar surface area (TPSA) is 59.8 Å². The summed E-state index contributed by atoms with van der Waals surface area (Å²) >= 11 is 5.70. The zero-order chi connectivity index (χ0) is 11.5. The average Bonchev–Trinajstić information content (AvgIpc) is 2.64. The van der Waals surface area contributed by atoms with Crippen LogP contribution < -0.4 is 5.32 Å². The number of rotatable bonds is 2. The second-order valence-electron chi connectivity index (χ2n) is 3.16. The zero-order valence-corrected chi connectivity index (χ0v) is 9.27. The molecule has 82 valence electrons. The van der Waals surface area contributed by atoms with Gasteiger partial charge in [-0.15, -0.1) is 0 Å². The highest BCUT2D eigenvalue weighted by Crippen LogP contribution is 2.12. The van der Waals surface area contributed by atoms with Crippen LogP contribution >= 0.6 is 11.6 Å². The van der Waals surface area contributed by atoms with Crippen LogP contribution in [0.15, 0.2) is 30.6 Å². The Labute approximate surface area is 97.1 Å². The Hall–Kier alpha value is -1.88. The van der Waals surface area contributed by atoms with E-state index in [2.05, 4.69) is 15.4 Å². The van der Waals surface area contributed by atoms with Crippen molar-refractivity contribution >= 4 is 23.2 Å². The minimum atomic E-state index is -0.234. The van der Waals surface area contributed by atoms with E-state index in [-0.39, 0.29) is 5.91 Å². The van der Waals surface area contributed by atoms with Gasteiger partial charge in [-0.05, 0) is 18.2 Å². The van der Waals surface area contributed by atoms with Crippen molar-refractivity contribution in [3.63, 3.8) is 0 Å². The summed E-state index contributed by atoms with van der Waals surface area (Å²) in [5, 5.41) is 6.95. The van der Waals surface area contributed by atoms with Gasteiger partial charge in [0.25, 0.3) is 5.91 Å². The molecule has 1 N–H and O–H groups in total. The van der Waals surface area contributed by atoms with Gasteiger partial charge in [-0.25, -0.2) is 4.98 Å². The van der Waals surface area contributed by atoms with Gasteiger partial charge in [-0.3, -0.25) is 9.48 Å².